The number of hydrogen-bond acceptors (Lipinski definition) is 9. The van der Waals surface area contributed by atoms with Crippen molar-refractivity contribution in [2.24, 2.45) is 11.7 Å². The third-order valence-corrected chi connectivity index (χ3v) is 12.6. The van der Waals surface area contributed by atoms with Crippen LogP contribution in [0.2, 0.25) is 9.36 Å². The highest BCUT2D eigenvalue weighted by Crippen LogP contribution is 2.46. The Bertz CT molecular complexity index is 1730. The molecule has 6 rings (SSSR count). The predicted octanol–water partition coefficient (Wildman–Crippen LogP) is 3.70. The second-order valence-corrected chi connectivity index (χ2v) is 16.5. The Morgan fingerprint density at radius 1 is 1.11 bits per heavy atom. The number of fused-ring (bicyclic) bond motifs is 3. The average molecular weight is 725 g/mol. The van der Waals surface area contributed by atoms with Gasteiger partial charge >= 0.3 is 6.09 Å². The topological polar surface area (TPSA) is 168 Å². The van der Waals surface area contributed by atoms with Crippen molar-refractivity contribution in [1.82, 2.24) is 19.8 Å². The molecule has 1 saturated heterocycles. The van der Waals surface area contributed by atoms with Gasteiger partial charge in [-0.15, -0.1) is 11.3 Å². The largest absolute Gasteiger partial charge is 0.444 e. The molecule has 5 atom stereocenters. The van der Waals surface area contributed by atoms with Crippen LogP contribution in [0.15, 0.2) is 46.7 Å². The molecule has 2 aromatic rings. The van der Waals surface area contributed by atoms with E-state index < -0.39 is 63.5 Å². The van der Waals surface area contributed by atoms with Gasteiger partial charge < -0.3 is 20.7 Å². The van der Waals surface area contributed by atoms with Crippen molar-refractivity contribution in [2.45, 2.75) is 86.0 Å². The molecule has 0 unspecified atom stereocenters. The zero-order chi connectivity index (χ0) is 33.5. The monoisotopic (exact) mass is 723 g/mol. The van der Waals surface area contributed by atoms with Gasteiger partial charge in [0.05, 0.1) is 23.5 Å². The first-order valence-electron chi connectivity index (χ1n) is 15.5. The van der Waals surface area contributed by atoms with Crippen LogP contribution in [0.4, 0.5) is 4.79 Å². The SMILES string of the molecule is N[C@H]1CCCCCC=C[C@@H]2C[C@@]2(C(=O)NS(=O)(=O)c2ccc(Cl)s2)NC(=O)[C@@H]2C[C@@H](OC(=O)N3Cc4cccc(Cl)c4C3)CN2C1=O. The smallest absolute Gasteiger partial charge is 0.410 e. The van der Waals surface area contributed by atoms with Crippen molar-refractivity contribution in [3.8, 4) is 0 Å². The lowest BCUT2D eigenvalue weighted by Crippen LogP contribution is -2.57. The molecule has 4 amide bonds. The summed E-state index contributed by atoms with van der Waals surface area (Å²) in [5.41, 5.74) is 6.49. The summed E-state index contributed by atoms with van der Waals surface area (Å²) in [5, 5.41) is 3.33. The van der Waals surface area contributed by atoms with E-state index in [9.17, 15) is 27.6 Å². The zero-order valence-corrected chi connectivity index (χ0v) is 28.5. The highest BCUT2D eigenvalue weighted by atomic mass is 35.5. The first-order chi connectivity index (χ1) is 22.4. The number of nitrogens with zero attached hydrogens (tertiary/aromatic N) is 2. The summed E-state index contributed by atoms with van der Waals surface area (Å²) in [7, 11) is -4.26. The third kappa shape index (κ3) is 7.02. The molecule has 1 saturated carbocycles. The standard InChI is InChI=1S/C31H35Cl2N5O7S2/c32-22-9-6-7-18-15-37(17-21(18)22)30(42)45-20-13-24-27(39)35-31(29(41)36-47(43,44)26-12-11-25(33)46-26)14-19(31)8-4-2-1-3-5-10-23(34)28(40)38(24)16-20/h4,6-9,11-12,19-20,23-24H,1-3,5,10,13-17,34H2,(H,35,39)(H,36,41)/t19-,20-,23+,24+,31-/m1/s1. The zero-order valence-electron chi connectivity index (χ0n) is 25.3. The number of nitrogens with one attached hydrogen (secondary N) is 2. The van der Waals surface area contributed by atoms with Crippen LogP contribution >= 0.6 is 34.5 Å². The van der Waals surface area contributed by atoms with Crippen LogP contribution in [0.5, 0.6) is 0 Å². The highest BCUT2D eigenvalue weighted by Gasteiger charge is 2.61. The van der Waals surface area contributed by atoms with E-state index in [1.54, 1.807) is 6.07 Å². The lowest BCUT2D eigenvalue weighted by molar-refractivity contribution is -0.140. The normalized spacial score (nSPS) is 28.0. The van der Waals surface area contributed by atoms with Crippen molar-refractivity contribution < 1.29 is 32.3 Å². The number of hydrogen-bond donors (Lipinski definition) is 3. The average Bonchev–Trinajstić information content (AvgIpc) is 3.41. The van der Waals surface area contributed by atoms with Crippen LogP contribution < -0.4 is 15.8 Å². The molecule has 4 aliphatic rings. The molecule has 252 valence electrons. The molecule has 0 radical (unpaired) electrons. The Hall–Kier alpha value is -3.17. The van der Waals surface area contributed by atoms with Gasteiger partial charge in [-0.05, 0) is 55.0 Å². The van der Waals surface area contributed by atoms with E-state index in [0.29, 0.717) is 30.8 Å². The number of nitrogens with two attached hydrogens (primary N) is 1. The van der Waals surface area contributed by atoms with Crippen molar-refractivity contribution in [3.05, 3.63) is 63.0 Å². The molecule has 2 fully saturated rings. The fraction of sp³-hybridized carbons (Fsp3) is 0.484. The van der Waals surface area contributed by atoms with E-state index in [-0.39, 0.29) is 34.5 Å². The minimum atomic E-state index is -4.26. The number of amides is 4. The maximum absolute atomic E-state index is 14.0. The van der Waals surface area contributed by atoms with E-state index in [1.165, 1.54) is 21.9 Å². The Balaban J connectivity index is 1.21. The van der Waals surface area contributed by atoms with E-state index in [4.69, 9.17) is 33.7 Å². The molecule has 47 heavy (non-hydrogen) atoms. The molecule has 1 aromatic heterocycles. The Labute approximate surface area is 286 Å². The van der Waals surface area contributed by atoms with Gasteiger partial charge in [0, 0.05) is 23.9 Å². The molecular weight excluding hydrogens is 689 g/mol. The van der Waals surface area contributed by atoms with Crippen molar-refractivity contribution in [3.63, 3.8) is 0 Å². The molecule has 1 aliphatic carbocycles. The number of ether oxygens (including phenoxy) is 1. The van der Waals surface area contributed by atoms with Crippen LogP contribution in [-0.4, -0.2) is 72.3 Å². The van der Waals surface area contributed by atoms with Gasteiger partial charge in [0.15, 0.2) is 0 Å². The number of rotatable bonds is 4. The van der Waals surface area contributed by atoms with Gasteiger partial charge in [-0.25, -0.2) is 17.9 Å². The molecule has 0 spiro atoms. The molecule has 4 heterocycles. The number of halogens is 2. The van der Waals surface area contributed by atoms with Gasteiger partial charge in [0.25, 0.3) is 15.9 Å². The van der Waals surface area contributed by atoms with Crippen LogP contribution in [0.3, 0.4) is 0 Å². The van der Waals surface area contributed by atoms with Crippen molar-refractivity contribution in [2.75, 3.05) is 6.54 Å². The number of allylic oxidation sites excluding steroid dienone is 1. The molecule has 1 aromatic carbocycles. The molecule has 16 heteroatoms. The number of benzene rings is 1. The fourth-order valence-electron chi connectivity index (χ4n) is 6.49. The van der Waals surface area contributed by atoms with Gasteiger partial charge in [0.2, 0.25) is 11.8 Å². The lowest BCUT2D eigenvalue weighted by Gasteiger charge is -2.28. The second-order valence-electron chi connectivity index (χ2n) is 12.4. The van der Waals surface area contributed by atoms with Gasteiger partial charge in [-0.1, -0.05) is 60.3 Å². The summed E-state index contributed by atoms with van der Waals surface area (Å²) in [6.07, 6.45) is 5.96. The third-order valence-electron chi connectivity index (χ3n) is 9.18. The number of carbonyl (C=O) groups is 4. The van der Waals surface area contributed by atoms with Crippen LogP contribution in [0.25, 0.3) is 0 Å². The summed E-state index contributed by atoms with van der Waals surface area (Å²) in [6, 6.07) is 6.18. The van der Waals surface area contributed by atoms with Gasteiger partial charge in [0.1, 0.15) is 21.9 Å². The Morgan fingerprint density at radius 2 is 1.91 bits per heavy atom. The summed E-state index contributed by atoms with van der Waals surface area (Å²) in [4.78, 5) is 57.2. The van der Waals surface area contributed by atoms with Gasteiger partial charge in [-0.3, -0.25) is 19.3 Å². The summed E-state index contributed by atoms with van der Waals surface area (Å²) in [5.74, 6) is -2.48. The molecule has 3 aliphatic heterocycles. The Morgan fingerprint density at radius 3 is 2.66 bits per heavy atom. The second kappa shape index (κ2) is 13.4. The summed E-state index contributed by atoms with van der Waals surface area (Å²) in [6.45, 7) is 0.519. The van der Waals surface area contributed by atoms with Crippen molar-refractivity contribution >= 4 is 68.4 Å². The minimum absolute atomic E-state index is 0.0260. The molecule has 0 bridgehead atoms. The van der Waals surface area contributed by atoms with Crippen LogP contribution in [0.1, 0.15) is 56.1 Å². The van der Waals surface area contributed by atoms with Gasteiger partial charge in [-0.2, -0.15) is 0 Å². The van der Waals surface area contributed by atoms with E-state index in [1.807, 2.05) is 24.3 Å². The fourth-order valence-corrected chi connectivity index (χ4v) is 9.27. The van der Waals surface area contributed by atoms with Crippen LogP contribution in [-0.2, 0) is 42.2 Å². The number of thiophene rings is 1. The first-order valence-corrected chi connectivity index (χ1v) is 18.5. The van der Waals surface area contributed by atoms with Crippen molar-refractivity contribution in [1.29, 1.82) is 0 Å². The lowest BCUT2D eigenvalue weighted by atomic mass is 10.1. The summed E-state index contributed by atoms with van der Waals surface area (Å²) < 4.78 is 34.0. The highest BCUT2D eigenvalue weighted by molar-refractivity contribution is 7.92. The molecule has 12 nitrogen and oxygen atoms in total. The first kappa shape index (κ1) is 33.7. The summed E-state index contributed by atoms with van der Waals surface area (Å²) >= 11 is 13.0. The van der Waals surface area contributed by atoms with Crippen LogP contribution in [0, 0.1) is 5.92 Å². The maximum atomic E-state index is 14.0. The van der Waals surface area contributed by atoms with E-state index in [0.717, 1.165) is 35.3 Å². The molecular formula is C31H35Cl2N5O7S2. The minimum Gasteiger partial charge on any atom is -0.444 e. The number of sulfonamides is 1. The quantitative estimate of drug-likeness (QED) is 0.402. The van der Waals surface area contributed by atoms with E-state index >= 15 is 0 Å². The van der Waals surface area contributed by atoms with E-state index in [2.05, 4.69) is 10.0 Å². The number of carbonyl (C=O) groups excluding carboxylic acids is 4. The Kier molecular flexibility index (Phi) is 9.60. The molecule has 4 N–H and O–H groups in total. The predicted molar refractivity (Wildman–Crippen MR) is 175 cm³/mol. The maximum Gasteiger partial charge on any atom is 0.410 e.